The average Bonchev–Trinajstić information content (AvgIpc) is 2.75. The van der Waals surface area contributed by atoms with Crippen molar-refractivity contribution in [3.05, 3.63) is 53.5 Å². The van der Waals surface area contributed by atoms with E-state index in [9.17, 15) is 0 Å². The molecule has 1 aromatic carbocycles. The molecule has 1 heterocycles. The predicted octanol–water partition coefficient (Wildman–Crippen LogP) is 3.23. The van der Waals surface area contributed by atoms with Crippen LogP contribution in [0.3, 0.4) is 0 Å². The van der Waals surface area contributed by atoms with Gasteiger partial charge >= 0.3 is 0 Å². The highest BCUT2D eigenvalue weighted by Crippen LogP contribution is 2.12. The van der Waals surface area contributed by atoms with E-state index < -0.39 is 0 Å². The predicted molar refractivity (Wildman–Crippen MR) is 79.0 cm³/mol. The van der Waals surface area contributed by atoms with Crippen LogP contribution >= 0.6 is 0 Å². The third-order valence-electron chi connectivity index (χ3n) is 3.36. The largest absolute Gasteiger partial charge is 0.469 e. The van der Waals surface area contributed by atoms with Crippen molar-refractivity contribution in [3.63, 3.8) is 0 Å². The smallest absolute Gasteiger partial charge is 0.105 e. The number of rotatable bonds is 6. The SMILES string of the molecule is Cc1occc1CN(C)CCCc1cccc(N)c1. The number of anilines is 1. The molecule has 0 saturated carbocycles. The number of furan rings is 1. The van der Waals surface area contributed by atoms with Gasteiger partial charge in [0.15, 0.2) is 0 Å². The molecule has 2 rings (SSSR count). The lowest BCUT2D eigenvalue weighted by atomic mass is 10.1. The molecule has 2 N–H and O–H groups in total. The topological polar surface area (TPSA) is 42.4 Å². The van der Waals surface area contributed by atoms with Crippen molar-refractivity contribution in [1.29, 1.82) is 0 Å². The minimum Gasteiger partial charge on any atom is -0.469 e. The maximum Gasteiger partial charge on any atom is 0.105 e. The Morgan fingerprint density at radius 2 is 2.11 bits per heavy atom. The highest BCUT2D eigenvalue weighted by atomic mass is 16.3. The molecule has 2 aromatic rings. The molecule has 0 saturated heterocycles. The number of nitrogen functional groups attached to an aromatic ring is 1. The van der Waals surface area contributed by atoms with Crippen LogP contribution in [0.15, 0.2) is 41.0 Å². The Labute approximate surface area is 115 Å². The Kier molecular flexibility index (Phi) is 4.63. The second kappa shape index (κ2) is 6.43. The van der Waals surface area contributed by atoms with Gasteiger partial charge in [-0.15, -0.1) is 0 Å². The van der Waals surface area contributed by atoms with Crippen molar-refractivity contribution >= 4 is 5.69 Å². The molecule has 0 radical (unpaired) electrons. The minimum absolute atomic E-state index is 0.847. The summed E-state index contributed by atoms with van der Waals surface area (Å²) in [6.45, 7) is 4.02. The molecule has 0 fully saturated rings. The zero-order valence-corrected chi connectivity index (χ0v) is 11.7. The van der Waals surface area contributed by atoms with E-state index in [1.807, 2.05) is 25.1 Å². The fourth-order valence-electron chi connectivity index (χ4n) is 2.25. The van der Waals surface area contributed by atoms with Crippen molar-refractivity contribution in [2.24, 2.45) is 0 Å². The number of nitrogens with two attached hydrogens (primary N) is 1. The van der Waals surface area contributed by atoms with Gasteiger partial charge < -0.3 is 15.1 Å². The number of nitrogens with zero attached hydrogens (tertiary/aromatic N) is 1. The van der Waals surface area contributed by atoms with E-state index in [1.165, 1.54) is 11.1 Å². The Balaban J connectivity index is 1.75. The van der Waals surface area contributed by atoms with Crippen molar-refractivity contribution < 1.29 is 4.42 Å². The standard InChI is InChI=1S/C16H22N2O/c1-13-15(8-10-19-13)12-18(2)9-4-6-14-5-3-7-16(17)11-14/h3,5,7-8,10-11H,4,6,9,12,17H2,1-2H3. The molecular weight excluding hydrogens is 236 g/mol. The summed E-state index contributed by atoms with van der Waals surface area (Å²) < 4.78 is 5.31. The van der Waals surface area contributed by atoms with Crippen molar-refractivity contribution in [1.82, 2.24) is 4.90 Å². The molecule has 102 valence electrons. The van der Waals surface area contributed by atoms with Crippen LogP contribution in [0.2, 0.25) is 0 Å². The van der Waals surface area contributed by atoms with Gasteiger partial charge in [0.2, 0.25) is 0 Å². The fraction of sp³-hybridized carbons (Fsp3) is 0.375. The van der Waals surface area contributed by atoms with Gasteiger partial charge in [-0.3, -0.25) is 0 Å². The van der Waals surface area contributed by atoms with Crippen molar-refractivity contribution in [3.8, 4) is 0 Å². The molecule has 0 spiro atoms. The van der Waals surface area contributed by atoms with Crippen LogP contribution < -0.4 is 5.73 Å². The van der Waals surface area contributed by atoms with E-state index in [-0.39, 0.29) is 0 Å². The van der Waals surface area contributed by atoms with Crippen molar-refractivity contribution in [2.75, 3.05) is 19.3 Å². The number of aryl methyl sites for hydroxylation is 2. The third-order valence-corrected chi connectivity index (χ3v) is 3.36. The van der Waals surface area contributed by atoms with E-state index in [0.29, 0.717) is 0 Å². The second-order valence-corrected chi connectivity index (χ2v) is 5.09. The Morgan fingerprint density at radius 3 is 2.79 bits per heavy atom. The van der Waals surface area contributed by atoms with Gasteiger partial charge in [0.05, 0.1) is 6.26 Å². The summed E-state index contributed by atoms with van der Waals surface area (Å²) >= 11 is 0. The van der Waals surface area contributed by atoms with Crippen molar-refractivity contribution in [2.45, 2.75) is 26.3 Å². The first-order valence-corrected chi connectivity index (χ1v) is 6.71. The number of benzene rings is 1. The first-order chi connectivity index (χ1) is 9.15. The minimum atomic E-state index is 0.847. The Bertz CT molecular complexity index is 519. The van der Waals surface area contributed by atoms with Gasteiger partial charge in [0.25, 0.3) is 0 Å². The van der Waals surface area contributed by atoms with E-state index in [1.54, 1.807) is 6.26 Å². The average molecular weight is 258 g/mol. The van der Waals surface area contributed by atoms with Gasteiger partial charge in [-0.2, -0.15) is 0 Å². The quantitative estimate of drug-likeness (QED) is 0.809. The molecule has 0 amide bonds. The van der Waals surface area contributed by atoms with Gasteiger partial charge in [0.1, 0.15) is 5.76 Å². The molecule has 19 heavy (non-hydrogen) atoms. The highest BCUT2D eigenvalue weighted by molar-refractivity contribution is 5.40. The molecule has 0 aliphatic rings. The number of hydrogen-bond donors (Lipinski definition) is 1. The third kappa shape index (κ3) is 4.14. The molecular formula is C16H22N2O. The monoisotopic (exact) mass is 258 g/mol. The molecule has 0 aliphatic carbocycles. The lowest BCUT2D eigenvalue weighted by Gasteiger charge is -2.16. The zero-order chi connectivity index (χ0) is 13.7. The van der Waals surface area contributed by atoms with Gasteiger partial charge in [-0.1, -0.05) is 12.1 Å². The highest BCUT2D eigenvalue weighted by Gasteiger charge is 2.05. The maximum absolute atomic E-state index is 5.78. The Morgan fingerprint density at radius 1 is 1.26 bits per heavy atom. The van der Waals surface area contributed by atoms with E-state index in [0.717, 1.165) is 37.4 Å². The summed E-state index contributed by atoms with van der Waals surface area (Å²) in [4.78, 5) is 2.32. The summed E-state index contributed by atoms with van der Waals surface area (Å²) in [6.07, 6.45) is 3.96. The van der Waals surface area contributed by atoms with Crippen LogP contribution in [0.4, 0.5) is 5.69 Å². The fourth-order valence-corrected chi connectivity index (χ4v) is 2.25. The first-order valence-electron chi connectivity index (χ1n) is 6.71. The molecule has 1 aromatic heterocycles. The molecule has 0 unspecified atom stereocenters. The van der Waals surface area contributed by atoms with Gasteiger partial charge in [0, 0.05) is 17.8 Å². The molecule has 0 aliphatic heterocycles. The van der Waals surface area contributed by atoms with Crippen LogP contribution in [-0.4, -0.2) is 18.5 Å². The van der Waals surface area contributed by atoms with Gasteiger partial charge in [-0.05, 0) is 57.1 Å². The summed E-state index contributed by atoms with van der Waals surface area (Å²) in [6, 6.07) is 10.2. The van der Waals surface area contributed by atoms with Crippen LogP contribution in [-0.2, 0) is 13.0 Å². The van der Waals surface area contributed by atoms with E-state index >= 15 is 0 Å². The summed E-state index contributed by atoms with van der Waals surface area (Å²) in [5.41, 5.74) is 9.21. The zero-order valence-electron chi connectivity index (χ0n) is 11.7. The second-order valence-electron chi connectivity index (χ2n) is 5.09. The summed E-state index contributed by atoms with van der Waals surface area (Å²) in [5.74, 6) is 1.02. The van der Waals surface area contributed by atoms with Crippen LogP contribution in [0.25, 0.3) is 0 Å². The normalized spacial score (nSPS) is 11.1. The van der Waals surface area contributed by atoms with Crippen LogP contribution in [0, 0.1) is 6.92 Å². The van der Waals surface area contributed by atoms with E-state index in [2.05, 4.69) is 24.1 Å². The number of hydrogen-bond acceptors (Lipinski definition) is 3. The lowest BCUT2D eigenvalue weighted by molar-refractivity contribution is 0.319. The van der Waals surface area contributed by atoms with E-state index in [4.69, 9.17) is 10.2 Å². The van der Waals surface area contributed by atoms with Crippen LogP contribution in [0.5, 0.6) is 0 Å². The Hall–Kier alpha value is -1.74. The molecule has 0 atom stereocenters. The molecule has 3 nitrogen and oxygen atoms in total. The van der Waals surface area contributed by atoms with Crippen LogP contribution in [0.1, 0.15) is 23.3 Å². The van der Waals surface area contributed by atoms with Gasteiger partial charge in [-0.25, -0.2) is 0 Å². The maximum atomic E-state index is 5.78. The molecule has 3 heteroatoms. The summed E-state index contributed by atoms with van der Waals surface area (Å²) in [5, 5.41) is 0. The summed E-state index contributed by atoms with van der Waals surface area (Å²) in [7, 11) is 2.14. The molecule has 0 bridgehead atoms. The first kappa shape index (κ1) is 13.7. The lowest BCUT2D eigenvalue weighted by Crippen LogP contribution is -2.19.